The molecule has 5 aromatic rings. The van der Waals surface area contributed by atoms with Gasteiger partial charge in [0.2, 0.25) is 14.2 Å². The van der Waals surface area contributed by atoms with Gasteiger partial charge in [-0.25, -0.2) is 14.4 Å². The van der Waals surface area contributed by atoms with Gasteiger partial charge in [-0.3, -0.25) is 4.40 Å². The summed E-state index contributed by atoms with van der Waals surface area (Å²) in [5, 5.41) is 11.3. The molecule has 7 heteroatoms. The highest BCUT2D eigenvalue weighted by Gasteiger charge is 2.39. The fourth-order valence-corrected chi connectivity index (χ4v) is 5.29. The predicted molar refractivity (Wildman–Crippen MR) is 156 cm³/mol. The summed E-state index contributed by atoms with van der Waals surface area (Å²) in [6.45, 7) is 11.1. The van der Waals surface area contributed by atoms with Crippen LogP contribution in [0.25, 0.3) is 16.9 Å². The second-order valence-electron chi connectivity index (χ2n) is 11.5. The summed E-state index contributed by atoms with van der Waals surface area (Å²) in [5.41, 5.74) is 5.46. The summed E-state index contributed by atoms with van der Waals surface area (Å²) < 4.78 is 21.7. The van der Waals surface area contributed by atoms with Crippen LogP contribution in [0, 0.1) is 5.82 Å². The fraction of sp³-hybridized carbons (Fsp3) is 0.250. The van der Waals surface area contributed by atoms with Crippen LogP contribution in [0.4, 0.5) is 4.39 Å². The number of imidazole rings is 1. The minimum absolute atomic E-state index is 0.0564. The van der Waals surface area contributed by atoms with E-state index in [2.05, 4.69) is 46.0 Å². The maximum atomic E-state index is 13.4. The summed E-state index contributed by atoms with van der Waals surface area (Å²) in [5.74, 6) is 0.579. The molecule has 200 valence electrons. The zero-order valence-corrected chi connectivity index (χ0v) is 24.1. The maximum Gasteiger partial charge on any atom is 0.250 e. The van der Waals surface area contributed by atoms with Crippen molar-refractivity contribution in [2.45, 2.75) is 51.7 Å². The average molecular weight is 540 g/mol. The number of hydrogen-bond donors (Lipinski definition) is 1. The van der Waals surface area contributed by atoms with Crippen LogP contribution in [0.3, 0.4) is 0 Å². The topological polar surface area (TPSA) is 59.7 Å². The molecule has 0 fully saturated rings. The predicted octanol–water partition coefficient (Wildman–Crippen LogP) is 7.81. The first-order valence-corrected chi connectivity index (χ1v) is 16.1. The first kappa shape index (κ1) is 26.6. The van der Waals surface area contributed by atoms with Crippen LogP contribution < -0.4 is 4.43 Å². The van der Waals surface area contributed by atoms with Crippen molar-refractivity contribution < 1.29 is 13.9 Å². The van der Waals surface area contributed by atoms with Crippen molar-refractivity contribution in [2.75, 3.05) is 0 Å². The molecule has 39 heavy (non-hydrogen) atoms. The average Bonchev–Trinajstić information content (AvgIpc) is 3.20. The molecular formula is C32H34FN3O2Si. The Kier molecular flexibility index (Phi) is 7.03. The maximum absolute atomic E-state index is 13.4. The first-order valence-electron chi connectivity index (χ1n) is 13.2. The van der Waals surface area contributed by atoms with E-state index in [0.29, 0.717) is 24.2 Å². The molecule has 0 spiro atoms. The van der Waals surface area contributed by atoms with Crippen molar-refractivity contribution in [1.29, 1.82) is 0 Å². The molecule has 3 aromatic carbocycles. The quantitative estimate of drug-likeness (QED) is 0.214. The minimum Gasteiger partial charge on any atom is -0.543 e. The molecule has 0 amide bonds. The summed E-state index contributed by atoms with van der Waals surface area (Å²) in [7, 11) is -2.02. The Hall–Kier alpha value is -3.97. The van der Waals surface area contributed by atoms with E-state index < -0.39 is 8.32 Å². The van der Waals surface area contributed by atoms with E-state index in [1.807, 2.05) is 48.7 Å². The van der Waals surface area contributed by atoms with E-state index in [9.17, 15) is 9.50 Å². The van der Waals surface area contributed by atoms with Crippen molar-refractivity contribution >= 4 is 14.0 Å². The Morgan fingerprint density at radius 1 is 0.846 bits per heavy atom. The third-order valence-corrected chi connectivity index (χ3v) is 11.9. The Morgan fingerprint density at radius 2 is 1.51 bits per heavy atom. The zero-order chi connectivity index (χ0) is 27.8. The highest BCUT2D eigenvalue weighted by molar-refractivity contribution is 6.74. The molecule has 0 unspecified atom stereocenters. The fourth-order valence-electron chi connectivity index (χ4n) is 4.27. The van der Waals surface area contributed by atoms with E-state index in [4.69, 9.17) is 14.4 Å². The molecule has 0 aliphatic carbocycles. The van der Waals surface area contributed by atoms with Crippen LogP contribution in [0.2, 0.25) is 18.1 Å². The molecule has 1 N–H and O–H groups in total. The van der Waals surface area contributed by atoms with Gasteiger partial charge in [0.05, 0.1) is 11.4 Å². The molecule has 0 aliphatic heterocycles. The third-order valence-electron chi connectivity index (χ3n) is 7.53. The monoisotopic (exact) mass is 539 g/mol. The summed E-state index contributed by atoms with van der Waals surface area (Å²) in [4.78, 5) is 9.83. The van der Waals surface area contributed by atoms with Gasteiger partial charge in [-0.2, -0.15) is 0 Å². The van der Waals surface area contributed by atoms with Gasteiger partial charge in [-0.15, -0.1) is 0 Å². The highest BCUT2D eigenvalue weighted by Crippen LogP contribution is 2.38. The first-order chi connectivity index (χ1) is 18.5. The molecule has 2 heterocycles. The summed E-state index contributed by atoms with van der Waals surface area (Å²) in [6.07, 6.45) is 2.76. The van der Waals surface area contributed by atoms with Crippen molar-refractivity contribution in [2.24, 2.45) is 0 Å². The van der Waals surface area contributed by atoms with Crippen molar-refractivity contribution in [3.63, 3.8) is 0 Å². The minimum atomic E-state index is -2.02. The van der Waals surface area contributed by atoms with Gasteiger partial charge in [0.25, 0.3) is 0 Å². The van der Waals surface area contributed by atoms with E-state index in [0.717, 1.165) is 33.8 Å². The number of fused-ring (bicyclic) bond motifs is 1. The molecule has 0 radical (unpaired) electrons. The van der Waals surface area contributed by atoms with Gasteiger partial charge >= 0.3 is 0 Å². The van der Waals surface area contributed by atoms with E-state index in [1.165, 1.54) is 12.1 Å². The van der Waals surface area contributed by atoms with Gasteiger partial charge in [0.1, 0.15) is 17.3 Å². The molecule has 5 nitrogen and oxygen atoms in total. The third kappa shape index (κ3) is 5.73. The molecule has 5 rings (SSSR count). The lowest BCUT2D eigenvalue weighted by atomic mass is 10.1. The van der Waals surface area contributed by atoms with Crippen LogP contribution in [-0.4, -0.2) is 27.8 Å². The van der Waals surface area contributed by atoms with E-state index in [-0.39, 0.29) is 16.7 Å². The molecule has 0 atom stereocenters. The normalized spacial score (nSPS) is 12.2. The number of aromatic hydroxyl groups is 1. The van der Waals surface area contributed by atoms with Crippen molar-refractivity contribution in [3.8, 4) is 22.9 Å². The summed E-state index contributed by atoms with van der Waals surface area (Å²) in [6, 6.07) is 24.4. The van der Waals surface area contributed by atoms with Gasteiger partial charge in [-0.05, 0) is 53.5 Å². The number of rotatable bonds is 7. The Morgan fingerprint density at radius 3 is 2.21 bits per heavy atom. The lowest BCUT2D eigenvalue weighted by molar-refractivity contribution is 0.442. The zero-order valence-electron chi connectivity index (χ0n) is 23.1. The second kappa shape index (κ2) is 10.3. The number of hydrogen-bond acceptors (Lipinski definition) is 4. The number of aromatic nitrogens is 3. The van der Waals surface area contributed by atoms with Crippen LogP contribution in [-0.2, 0) is 12.8 Å². The Balaban J connectivity index is 1.59. The van der Waals surface area contributed by atoms with Crippen LogP contribution >= 0.6 is 0 Å². The van der Waals surface area contributed by atoms with Gasteiger partial charge in [0.15, 0.2) is 5.65 Å². The van der Waals surface area contributed by atoms with Crippen LogP contribution in [0.15, 0.2) is 85.1 Å². The van der Waals surface area contributed by atoms with Gasteiger partial charge in [0, 0.05) is 24.6 Å². The molecule has 0 saturated heterocycles. The smallest absolute Gasteiger partial charge is 0.250 e. The standard InChI is InChI=1S/C32H34FN3O2Si/c1-32(2,3)39(4,5)38-26-13-9-12-24(20-26)29-21-36-30(27(34-29)18-22-10-7-6-8-11-22)35-28(31(36)37)19-23-14-16-25(33)17-15-23/h6-17,20-21,37H,18-19H2,1-5H3. The van der Waals surface area contributed by atoms with Gasteiger partial charge in [-0.1, -0.05) is 75.4 Å². The van der Waals surface area contributed by atoms with Crippen molar-refractivity contribution in [3.05, 3.63) is 113 Å². The molecular weight excluding hydrogens is 505 g/mol. The largest absolute Gasteiger partial charge is 0.543 e. The highest BCUT2D eigenvalue weighted by atomic mass is 28.4. The second-order valence-corrected chi connectivity index (χ2v) is 16.2. The van der Waals surface area contributed by atoms with Crippen LogP contribution in [0.1, 0.15) is 43.3 Å². The van der Waals surface area contributed by atoms with E-state index in [1.54, 1.807) is 16.5 Å². The molecule has 2 aromatic heterocycles. The summed E-state index contributed by atoms with van der Waals surface area (Å²) >= 11 is 0. The SMILES string of the molecule is CC(C)(C)[Si](C)(C)Oc1cccc(-c2cn3c(O)c(Cc4ccc(F)cc4)nc3c(Cc3ccccc3)n2)c1. The number of nitrogens with zero attached hydrogens (tertiary/aromatic N) is 3. The molecule has 0 bridgehead atoms. The lowest BCUT2D eigenvalue weighted by Crippen LogP contribution is -2.43. The Labute approximate surface area is 230 Å². The molecule has 0 saturated carbocycles. The Bertz CT molecular complexity index is 1610. The molecule has 0 aliphatic rings. The number of benzene rings is 3. The number of halogens is 1. The van der Waals surface area contributed by atoms with Gasteiger partial charge < -0.3 is 9.53 Å². The van der Waals surface area contributed by atoms with Crippen LogP contribution in [0.5, 0.6) is 11.6 Å². The van der Waals surface area contributed by atoms with E-state index >= 15 is 0 Å². The lowest BCUT2D eigenvalue weighted by Gasteiger charge is -2.36. The van der Waals surface area contributed by atoms with Crippen molar-refractivity contribution in [1.82, 2.24) is 14.4 Å².